The van der Waals surface area contributed by atoms with Gasteiger partial charge in [-0.05, 0) is 31.0 Å². The first kappa shape index (κ1) is 11.8. The molecule has 0 amide bonds. The number of benzene rings is 1. The lowest BCUT2D eigenvalue weighted by Gasteiger charge is -2.11. The first-order chi connectivity index (χ1) is 8.35. The lowest BCUT2D eigenvalue weighted by atomic mass is 10.1. The van der Waals surface area contributed by atoms with Gasteiger partial charge < -0.3 is 19.9 Å². The van der Waals surface area contributed by atoms with Crippen LogP contribution in [0.1, 0.15) is 12.0 Å². The summed E-state index contributed by atoms with van der Waals surface area (Å²) in [6, 6.07) is 3.81. The number of fused-ring (bicyclic) bond motifs is 1. The third-order valence-electron chi connectivity index (χ3n) is 2.55. The van der Waals surface area contributed by atoms with Gasteiger partial charge >= 0.3 is 0 Å². The van der Waals surface area contributed by atoms with E-state index in [2.05, 4.69) is 6.58 Å². The van der Waals surface area contributed by atoms with E-state index < -0.39 is 0 Å². The standard InChI is InChI=1S/C13H17NO3/c1-2-3-6-15-11-8-13-12(16-9-17-13)7-10(11)4-5-14/h2,7-8H,1,3-6,9,14H2. The average molecular weight is 235 g/mol. The van der Waals surface area contributed by atoms with Crippen molar-refractivity contribution in [1.82, 2.24) is 0 Å². The summed E-state index contributed by atoms with van der Waals surface area (Å²) in [5.41, 5.74) is 6.64. The third-order valence-corrected chi connectivity index (χ3v) is 2.55. The zero-order valence-electron chi connectivity index (χ0n) is 9.78. The van der Waals surface area contributed by atoms with Crippen molar-refractivity contribution in [2.45, 2.75) is 12.8 Å². The van der Waals surface area contributed by atoms with E-state index in [0.29, 0.717) is 13.2 Å². The number of hydrogen-bond acceptors (Lipinski definition) is 4. The van der Waals surface area contributed by atoms with E-state index in [1.807, 2.05) is 18.2 Å². The van der Waals surface area contributed by atoms with Gasteiger partial charge in [0.05, 0.1) is 6.61 Å². The highest BCUT2D eigenvalue weighted by atomic mass is 16.7. The summed E-state index contributed by atoms with van der Waals surface area (Å²) in [5.74, 6) is 2.32. The molecule has 1 aromatic carbocycles. The quantitative estimate of drug-likeness (QED) is 0.604. The minimum absolute atomic E-state index is 0.271. The molecular weight excluding hydrogens is 218 g/mol. The van der Waals surface area contributed by atoms with Crippen molar-refractivity contribution in [2.24, 2.45) is 5.73 Å². The van der Waals surface area contributed by atoms with Crippen LogP contribution in [0.2, 0.25) is 0 Å². The summed E-state index contributed by atoms with van der Waals surface area (Å²) in [4.78, 5) is 0. The number of nitrogens with two attached hydrogens (primary N) is 1. The summed E-state index contributed by atoms with van der Waals surface area (Å²) < 4.78 is 16.3. The zero-order valence-corrected chi connectivity index (χ0v) is 9.78. The van der Waals surface area contributed by atoms with Crippen LogP contribution in [0.25, 0.3) is 0 Å². The van der Waals surface area contributed by atoms with Crippen LogP contribution in [0.5, 0.6) is 17.2 Å². The van der Waals surface area contributed by atoms with Crippen molar-refractivity contribution >= 4 is 0 Å². The third kappa shape index (κ3) is 2.71. The van der Waals surface area contributed by atoms with Crippen molar-refractivity contribution < 1.29 is 14.2 Å². The largest absolute Gasteiger partial charge is 0.493 e. The molecule has 17 heavy (non-hydrogen) atoms. The maximum atomic E-state index is 5.69. The second kappa shape index (κ2) is 5.59. The topological polar surface area (TPSA) is 53.7 Å². The fraction of sp³-hybridized carbons (Fsp3) is 0.385. The summed E-state index contributed by atoms with van der Waals surface area (Å²) in [5, 5.41) is 0. The predicted octanol–water partition coefficient (Wildman–Crippen LogP) is 1.87. The van der Waals surface area contributed by atoms with Crippen LogP contribution in [-0.2, 0) is 6.42 Å². The van der Waals surface area contributed by atoms with E-state index in [-0.39, 0.29) is 6.79 Å². The molecule has 1 heterocycles. The normalized spacial score (nSPS) is 12.5. The van der Waals surface area contributed by atoms with E-state index in [9.17, 15) is 0 Å². The smallest absolute Gasteiger partial charge is 0.231 e. The molecule has 0 radical (unpaired) electrons. The summed E-state index contributed by atoms with van der Waals surface area (Å²) >= 11 is 0. The van der Waals surface area contributed by atoms with Gasteiger partial charge in [-0.1, -0.05) is 6.08 Å². The Kier molecular flexibility index (Phi) is 3.88. The predicted molar refractivity (Wildman–Crippen MR) is 65.6 cm³/mol. The molecule has 2 rings (SSSR count). The second-order valence-electron chi connectivity index (χ2n) is 3.78. The van der Waals surface area contributed by atoms with Crippen molar-refractivity contribution in [2.75, 3.05) is 19.9 Å². The molecular formula is C13H17NO3. The van der Waals surface area contributed by atoms with Gasteiger partial charge in [0.1, 0.15) is 5.75 Å². The number of ether oxygens (including phenoxy) is 3. The molecule has 0 atom stereocenters. The summed E-state index contributed by atoms with van der Waals surface area (Å²) in [6.07, 6.45) is 3.41. The van der Waals surface area contributed by atoms with Gasteiger partial charge in [0.2, 0.25) is 6.79 Å². The highest BCUT2D eigenvalue weighted by Gasteiger charge is 2.17. The van der Waals surface area contributed by atoms with Crippen molar-refractivity contribution in [3.8, 4) is 17.2 Å². The Labute approximate surface area is 101 Å². The van der Waals surface area contributed by atoms with Crippen LogP contribution >= 0.6 is 0 Å². The van der Waals surface area contributed by atoms with Crippen LogP contribution in [0, 0.1) is 0 Å². The molecule has 1 aliphatic rings. The summed E-state index contributed by atoms with van der Waals surface area (Å²) in [7, 11) is 0. The Morgan fingerprint density at radius 1 is 1.35 bits per heavy atom. The van der Waals surface area contributed by atoms with Crippen LogP contribution in [0.4, 0.5) is 0 Å². The van der Waals surface area contributed by atoms with Gasteiger partial charge in [0, 0.05) is 6.07 Å². The second-order valence-corrected chi connectivity index (χ2v) is 3.78. The molecule has 2 N–H and O–H groups in total. The Morgan fingerprint density at radius 3 is 2.82 bits per heavy atom. The monoisotopic (exact) mass is 235 g/mol. The molecule has 0 fully saturated rings. The summed E-state index contributed by atoms with van der Waals surface area (Å²) in [6.45, 7) is 5.13. The molecule has 0 unspecified atom stereocenters. The Morgan fingerprint density at radius 2 is 2.12 bits per heavy atom. The zero-order chi connectivity index (χ0) is 12.1. The van der Waals surface area contributed by atoms with Gasteiger partial charge in [0.25, 0.3) is 0 Å². The Bertz CT molecular complexity index is 404. The van der Waals surface area contributed by atoms with Crippen LogP contribution in [-0.4, -0.2) is 19.9 Å². The fourth-order valence-corrected chi connectivity index (χ4v) is 1.70. The van der Waals surface area contributed by atoms with Crippen LogP contribution < -0.4 is 19.9 Å². The van der Waals surface area contributed by atoms with E-state index in [1.165, 1.54) is 0 Å². The van der Waals surface area contributed by atoms with Gasteiger partial charge in [-0.15, -0.1) is 6.58 Å². The molecule has 0 aliphatic carbocycles. The molecule has 4 nitrogen and oxygen atoms in total. The molecule has 92 valence electrons. The van der Waals surface area contributed by atoms with Crippen molar-refractivity contribution in [3.05, 3.63) is 30.4 Å². The van der Waals surface area contributed by atoms with Gasteiger partial charge in [-0.25, -0.2) is 0 Å². The first-order valence-corrected chi connectivity index (χ1v) is 5.71. The minimum atomic E-state index is 0.271. The maximum Gasteiger partial charge on any atom is 0.231 e. The highest BCUT2D eigenvalue weighted by molar-refractivity contribution is 5.52. The molecule has 4 heteroatoms. The van der Waals surface area contributed by atoms with Crippen molar-refractivity contribution in [3.63, 3.8) is 0 Å². The van der Waals surface area contributed by atoms with Gasteiger partial charge in [-0.2, -0.15) is 0 Å². The van der Waals surface area contributed by atoms with Crippen molar-refractivity contribution in [1.29, 1.82) is 0 Å². The Balaban J connectivity index is 2.18. The lowest BCUT2D eigenvalue weighted by molar-refractivity contribution is 0.173. The molecule has 1 aliphatic heterocycles. The van der Waals surface area contributed by atoms with E-state index in [0.717, 1.165) is 35.7 Å². The number of rotatable bonds is 6. The highest BCUT2D eigenvalue weighted by Crippen LogP contribution is 2.38. The molecule has 0 aromatic heterocycles. The van der Waals surface area contributed by atoms with Gasteiger partial charge in [0.15, 0.2) is 11.5 Å². The van der Waals surface area contributed by atoms with Crippen LogP contribution in [0.3, 0.4) is 0 Å². The molecule has 0 bridgehead atoms. The molecule has 0 spiro atoms. The maximum absolute atomic E-state index is 5.69. The Hall–Kier alpha value is -1.68. The van der Waals surface area contributed by atoms with Crippen LogP contribution in [0.15, 0.2) is 24.8 Å². The van der Waals surface area contributed by atoms with E-state index in [1.54, 1.807) is 0 Å². The fourth-order valence-electron chi connectivity index (χ4n) is 1.70. The van der Waals surface area contributed by atoms with E-state index in [4.69, 9.17) is 19.9 Å². The lowest BCUT2D eigenvalue weighted by Crippen LogP contribution is -2.06. The average Bonchev–Trinajstić information content (AvgIpc) is 2.77. The minimum Gasteiger partial charge on any atom is -0.493 e. The molecule has 0 saturated carbocycles. The van der Waals surface area contributed by atoms with Gasteiger partial charge in [-0.3, -0.25) is 0 Å². The first-order valence-electron chi connectivity index (χ1n) is 5.71. The molecule has 1 aromatic rings. The SMILES string of the molecule is C=CCCOc1cc2c(cc1CCN)OCO2. The number of hydrogen-bond donors (Lipinski definition) is 1. The molecule has 0 saturated heterocycles. The van der Waals surface area contributed by atoms with E-state index >= 15 is 0 Å².